The maximum atomic E-state index is 12.2. The highest BCUT2D eigenvalue weighted by Crippen LogP contribution is 2.12. The van der Waals surface area contributed by atoms with Crippen LogP contribution < -0.4 is 10.6 Å². The first-order valence-electron chi connectivity index (χ1n) is 8.20. The molecule has 0 atom stereocenters. The second-order valence-electron chi connectivity index (χ2n) is 5.89. The van der Waals surface area contributed by atoms with Crippen LogP contribution in [0.25, 0.3) is 0 Å². The number of anilines is 2. The minimum absolute atomic E-state index is 0.209. The fraction of sp³-hybridized carbons (Fsp3) is 0.333. The predicted octanol–water partition coefficient (Wildman–Crippen LogP) is 1.88. The summed E-state index contributed by atoms with van der Waals surface area (Å²) in [6.45, 7) is 1.76. The van der Waals surface area contributed by atoms with Gasteiger partial charge in [-0.2, -0.15) is 0 Å². The fourth-order valence-corrected chi connectivity index (χ4v) is 2.15. The number of hydrogen-bond acceptors (Lipinski definition) is 7. The second-order valence-corrected chi connectivity index (χ2v) is 5.89. The number of rotatable bonds is 8. The quantitative estimate of drug-likeness (QED) is 0.550. The third-order valence-corrected chi connectivity index (χ3v) is 3.54. The van der Waals surface area contributed by atoms with Crippen LogP contribution in [0.5, 0.6) is 0 Å². The van der Waals surface area contributed by atoms with Gasteiger partial charge in [0.2, 0.25) is 0 Å². The number of nitrogens with zero attached hydrogens (tertiary/aromatic N) is 3. The van der Waals surface area contributed by atoms with E-state index in [1.807, 2.05) is 14.1 Å². The third kappa shape index (κ3) is 5.82. The Hall–Kier alpha value is -3.00. The molecule has 138 valence electrons. The number of amides is 1. The van der Waals surface area contributed by atoms with Gasteiger partial charge in [0.15, 0.2) is 0 Å². The number of aromatic nitrogens is 2. The maximum absolute atomic E-state index is 12.2. The molecule has 2 aromatic rings. The Kier molecular flexibility index (Phi) is 7.04. The Morgan fingerprint density at radius 1 is 1.12 bits per heavy atom. The zero-order chi connectivity index (χ0) is 18.9. The average Bonchev–Trinajstić information content (AvgIpc) is 2.65. The zero-order valence-corrected chi connectivity index (χ0v) is 15.2. The summed E-state index contributed by atoms with van der Waals surface area (Å²) in [5.41, 5.74) is 1.17. The number of benzene rings is 1. The lowest BCUT2D eigenvalue weighted by molar-refractivity contribution is 0.0600. The molecule has 0 spiro atoms. The van der Waals surface area contributed by atoms with Crippen molar-refractivity contribution >= 4 is 23.4 Å². The van der Waals surface area contributed by atoms with Gasteiger partial charge < -0.3 is 20.3 Å². The Balaban J connectivity index is 1.88. The molecule has 26 heavy (non-hydrogen) atoms. The summed E-state index contributed by atoms with van der Waals surface area (Å²) in [5.74, 6) is -0.173. The largest absolute Gasteiger partial charge is 0.465 e. The van der Waals surface area contributed by atoms with Gasteiger partial charge in [0, 0.05) is 12.2 Å². The summed E-state index contributed by atoms with van der Waals surface area (Å²) in [6.07, 6.45) is 3.94. The molecular formula is C18H23N5O3. The van der Waals surface area contributed by atoms with Crippen molar-refractivity contribution in [2.75, 3.05) is 44.9 Å². The van der Waals surface area contributed by atoms with Gasteiger partial charge >= 0.3 is 5.97 Å². The van der Waals surface area contributed by atoms with Crippen LogP contribution in [0, 0.1) is 0 Å². The number of hydrogen-bond donors (Lipinski definition) is 2. The van der Waals surface area contributed by atoms with Gasteiger partial charge in [0.05, 0.1) is 25.1 Å². The zero-order valence-electron chi connectivity index (χ0n) is 15.2. The Morgan fingerprint density at radius 3 is 2.42 bits per heavy atom. The van der Waals surface area contributed by atoms with Gasteiger partial charge in [-0.3, -0.25) is 4.79 Å². The van der Waals surface area contributed by atoms with Crippen molar-refractivity contribution in [1.82, 2.24) is 14.9 Å². The first-order valence-corrected chi connectivity index (χ1v) is 8.20. The molecule has 0 aliphatic carbocycles. The van der Waals surface area contributed by atoms with E-state index in [1.165, 1.54) is 19.5 Å². The summed E-state index contributed by atoms with van der Waals surface area (Å²) in [5, 5.41) is 5.87. The first-order chi connectivity index (χ1) is 12.5. The number of methoxy groups -OCH3 is 1. The van der Waals surface area contributed by atoms with E-state index in [0.29, 0.717) is 17.1 Å². The molecular weight excluding hydrogens is 334 g/mol. The van der Waals surface area contributed by atoms with Crippen LogP contribution in [-0.4, -0.2) is 61.0 Å². The molecule has 1 aromatic carbocycles. The lowest BCUT2D eigenvalue weighted by Gasteiger charge is -2.10. The van der Waals surface area contributed by atoms with Gasteiger partial charge in [-0.1, -0.05) is 0 Å². The molecule has 0 radical (unpaired) electrons. The van der Waals surface area contributed by atoms with E-state index in [4.69, 9.17) is 0 Å². The Morgan fingerprint density at radius 2 is 1.85 bits per heavy atom. The van der Waals surface area contributed by atoms with Crippen LogP contribution in [0.3, 0.4) is 0 Å². The topological polar surface area (TPSA) is 96.4 Å². The number of ether oxygens (including phenoxy) is 1. The number of carbonyl (C=O) groups is 2. The Bertz CT molecular complexity index is 729. The van der Waals surface area contributed by atoms with Crippen LogP contribution in [0.4, 0.5) is 11.5 Å². The molecule has 1 aromatic heterocycles. The SMILES string of the molecule is COC(=O)c1ccc(NC(=O)c2cnc(NCCCN(C)C)cn2)cc1. The highest BCUT2D eigenvalue weighted by Gasteiger charge is 2.10. The number of carbonyl (C=O) groups excluding carboxylic acids is 2. The van der Waals surface area contributed by atoms with Crippen molar-refractivity contribution in [3.63, 3.8) is 0 Å². The van der Waals surface area contributed by atoms with Crippen molar-refractivity contribution in [3.05, 3.63) is 47.9 Å². The standard InChI is InChI=1S/C18H23N5O3/c1-23(2)10-4-9-19-16-12-20-15(11-21-16)17(24)22-14-7-5-13(6-8-14)18(25)26-3/h5-8,11-12H,4,9-10H2,1-3H3,(H,19,21)(H,22,24). The van der Waals surface area contributed by atoms with Crippen LogP contribution in [-0.2, 0) is 4.74 Å². The van der Waals surface area contributed by atoms with Gasteiger partial charge in [0.25, 0.3) is 5.91 Å². The van der Waals surface area contributed by atoms with E-state index in [2.05, 4.69) is 30.2 Å². The molecule has 1 amide bonds. The summed E-state index contributed by atoms with van der Waals surface area (Å²) >= 11 is 0. The highest BCUT2D eigenvalue weighted by atomic mass is 16.5. The summed E-state index contributed by atoms with van der Waals surface area (Å²) in [6, 6.07) is 6.40. The summed E-state index contributed by atoms with van der Waals surface area (Å²) in [7, 11) is 5.36. The highest BCUT2D eigenvalue weighted by molar-refractivity contribution is 6.03. The van der Waals surface area contributed by atoms with Crippen molar-refractivity contribution in [3.8, 4) is 0 Å². The lowest BCUT2D eigenvalue weighted by atomic mass is 10.2. The van der Waals surface area contributed by atoms with Crippen molar-refractivity contribution in [2.45, 2.75) is 6.42 Å². The molecule has 8 heteroatoms. The Labute approximate surface area is 152 Å². The lowest BCUT2D eigenvalue weighted by Crippen LogP contribution is -2.17. The smallest absolute Gasteiger partial charge is 0.337 e. The van der Waals surface area contributed by atoms with E-state index in [1.54, 1.807) is 24.3 Å². The molecule has 8 nitrogen and oxygen atoms in total. The van der Waals surface area contributed by atoms with Gasteiger partial charge in [-0.15, -0.1) is 0 Å². The van der Waals surface area contributed by atoms with E-state index in [9.17, 15) is 9.59 Å². The van der Waals surface area contributed by atoms with E-state index >= 15 is 0 Å². The van der Waals surface area contributed by atoms with Crippen LogP contribution in [0.1, 0.15) is 27.3 Å². The molecule has 0 bridgehead atoms. The van der Waals surface area contributed by atoms with Gasteiger partial charge in [-0.05, 0) is 51.3 Å². The van der Waals surface area contributed by atoms with Gasteiger partial charge in [-0.25, -0.2) is 14.8 Å². The molecule has 1 heterocycles. The van der Waals surface area contributed by atoms with E-state index in [-0.39, 0.29) is 11.6 Å². The molecule has 0 fully saturated rings. The summed E-state index contributed by atoms with van der Waals surface area (Å²) < 4.78 is 4.63. The molecule has 0 unspecified atom stereocenters. The fourth-order valence-electron chi connectivity index (χ4n) is 2.15. The maximum Gasteiger partial charge on any atom is 0.337 e. The van der Waals surface area contributed by atoms with Crippen molar-refractivity contribution in [2.24, 2.45) is 0 Å². The summed E-state index contributed by atoms with van der Waals surface area (Å²) in [4.78, 5) is 34.0. The molecule has 2 rings (SSSR count). The number of nitrogens with one attached hydrogen (secondary N) is 2. The second kappa shape index (κ2) is 9.47. The average molecular weight is 357 g/mol. The monoisotopic (exact) mass is 357 g/mol. The minimum atomic E-state index is -0.428. The van der Waals surface area contributed by atoms with Crippen LogP contribution in [0.15, 0.2) is 36.7 Å². The molecule has 2 N–H and O–H groups in total. The van der Waals surface area contributed by atoms with Crippen molar-refractivity contribution < 1.29 is 14.3 Å². The van der Waals surface area contributed by atoms with E-state index in [0.717, 1.165) is 19.5 Å². The third-order valence-electron chi connectivity index (χ3n) is 3.54. The van der Waals surface area contributed by atoms with E-state index < -0.39 is 5.97 Å². The van der Waals surface area contributed by atoms with Gasteiger partial charge in [0.1, 0.15) is 11.5 Å². The number of esters is 1. The van der Waals surface area contributed by atoms with Crippen LogP contribution in [0.2, 0.25) is 0 Å². The van der Waals surface area contributed by atoms with Crippen LogP contribution >= 0.6 is 0 Å². The minimum Gasteiger partial charge on any atom is -0.465 e. The normalized spacial score (nSPS) is 10.5. The van der Waals surface area contributed by atoms with Crippen molar-refractivity contribution in [1.29, 1.82) is 0 Å². The molecule has 0 aliphatic rings. The molecule has 0 saturated carbocycles. The molecule has 0 aliphatic heterocycles. The first kappa shape index (κ1) is 19.3. The molecule has 0 saturated heterocycles. The predicted molar refractivity (Wildman–Crippen MR) is 99.4 cm³/mol.